The van der Waals surface area contributed by atoms with E-state index in [-0.39, 0.29) is 12.7 Å². The van der Waals surface area contributed by atoms with Crippen molar-refractivity contribution in [1.29, 1.82) is 5.26 Å². The van der Waals surface area contributed by atoms with Gasteiger partial charge in [-0.3, -0.25) is 0 Å². The fourth-order valence-electron chi connectivity index (χ4n) is 1.83. The van der Waals surface area contributed by atoms with Crippen LogP contribution in [0.5, 0.6) is 5.75 Å². The van der Waals surface area contributed by atoms with Crippen LogP contribution in [-0.2, 0) is 6.54 Å². The summed E-state index contributed by atoms with van der Waals surface area (Å²) >= 11 is 0. The summed E-state index contributed by atoms with van der Waals surface area (Å²) in [6.07, 6.45) is 0.520. The molecular weight excluding hydrogens is 240 g/mol. The second kappa shape index (κ2) is 8.52. The summed E-state index contributed by atoms with van der Waals surface area (Å²) in [5, 5.41) is 21.4. The van der Waals surface area contributed by atoms with E-state index in [0.717, 1.165) is 12.0 Å². The maximum absolute atomic E-state index is 9.73. The SMILES string of the molecule is CC(C)CC(O)CNCc1ccc(OCC#N)cc1. The fourth-order valence-corrected chi connectivity index (χ4v) is 1.83. The number of ether oxygens (including phenoxy) is 1. The lowest BCUT2D eigenvalue weighted by atomic mass is 10.1. The first-order valence-electron chi connectivity index (χ1n) is 6.59. The summed E-state index contributed by atoms with van der Waals surface area (Å²) in [4.78, 5) is 0. The molecule has 0 amide bonds. The molecule has 1 aromatic carbocycles. The third-order valence-corrected chi connectivity index (χ3v) is 2.68. The number of nitrogens with one attached hydrogen (secondary N) is 1. The lowest BCUT2D eigenvalue weighted by molar-refractivity contribution is 0.146. The zero-order valence-electron chi connectivity index (χ0n) is 11.6. The largest absolute Gasteiger partial charge is 0.479 e. The van der Waals surface area contributed by atoms with Crippen LogP contribution in [0.25, 0.3) is 0 Å². The van der Waals surface area contributed by atoms with E-state index in [9.17, 15) is 5.11 Å². The Hall–Kier alpha value is -1.57. The second-order valence-electron chi connectivity index (χ2n) is 5.01. The number of benzene rings is 1. The van der Waals surface area contributed by atoms with Crippen molar-refractivity contribution in [2.24, 2.45) is 5.92 Å². The molecule has 0 aliphatic carbocycles. The number of aliphatic hydroxyl groups is 1. The molecule has 4 heteroatoms. The van der Waals surface area contributed by atoms with Gasteiger partial charge in [0, 0.05) is 13.1 Å². The van der Waals surface area contributed by atoms with Crippen LogP contribution in [0, 0.1) is 17.2 Å². The number of hydrogen-bond acceptors (Lipinski definition) is 4. The Morgan fingerprint density at radius 1 is 1.32 bits per heavy atom. The van der Waals surface area contributed by atoms with Crippen LogP contribution < -0.4 is 10.1 Å². The van der Waals surface area contributed by atoms with E-state index < -0.39 is 0 Å². The highest BCUT2D eigenvalue weighted by Crippen LogP contribution is 2.12. The number of aliphatic hydroxyl groups excluding tert-OH is 1. The molecule has 0 spiro atoms. The molecule has 0 aliphatic rings. The molecule has 1 unspecified atom stereocenters. The second-order valence-corrected chi connectivity index (χ2v) is 5.01. The van der Waals surface area contributed by atoms with Gasteiger partial charge < -0.3 is 15.2 Å². The summed E-state index contributed by atoms with van der Waals surface area (Å²) in [7, 11) is 0. The van der Waals surface area contributed by atoms with Crippen molar-refractivity contribution in [2.75, 3.05) is 13.2 Å². The van der Waals surface area contributed by atoms with E-state index in [1.165, 1.54) is 0 Å². The predicted molar refractivity (Wildman–Crippen MR) is 74.7 cm³/mol. The minimum Gasteiger partial charge on any atom is -0.479 e. The van der Waals surface area contributed by atoms with Gasteiger partial charge in [0.25, 0.3) is 0 Å². The standard InChI is InChI=1S/C15H22N2O2/c1-12(2)9-14(18)11-17-10-13-3-5-15(6-4-13)19-8-7-16/h3-6,12,14,17-18H,8-11H2,1-2H3. The Bertz CT molecular complexity index is 396. The molecule has 1 rings (SSSR count). The maximum Gasteiger partial charge on any atom is 0.174 e. The topological polar surface area (TPSA) is 65.3 Å². The molecule has 0 saturated carbocycles. The summed E-state index contributed by atoms with van der Waals surface area (Å²) in [6.45, 7) is 5.59. The Balaban J connectivity index is 2.28. The third kappa shape index (κ3) is 6.80. The number of hydrogen-bond donors (Lipinski definition) is 2. The van der Waals surface area contributed by atoms with Crippen molar-refractivity contribution in [2.45, 2.75) is 32.9 Å². The van der Waals surface area contributed by atoms with Crippen LogP contribution >= 0.6 is 0 Å². The van der Waals surface area contributed by atoms with Crippen LogP contribution in [0.2, 0.25) is 0 Å². The summed E-state index contributed by atoms with van der Waals surface area (Å²) < 4.78 is 5.18. The van der Waals surface area contributed by atoms with Gasteiger partial charge in [-0.15, -0.1) is 0 Å². The van der Waals surface area contributed by atoms with Crippen molar-refractivity contribution in [3.63, 3.8) is 0 Å². The van der Waals surface area contributed by atoms with E-state index in [0.29, 0.717) is 24.8 Å². The molecule has 1 aromatic rings. The molecule has 0 heterocycles. The van der Waals surface area contributed by atoms with Gasteiger partial charge in [-0.05, 0) is 30.0 Å². The van der Waals surface area contributed by atoms with Crippen LogP contribution in [0.15, 0.2) is 24.3 Å². The highest BCUT2D eigenvalue weighted by Gasteiger charge is 2.06. The molecule has 0 radical (unpaired) electrons. The van der Waals surface area contributed by atoms with E-state index in [4.69, 9.17) is 10.00 Å². The molecule has 104 valence electrons. The predicted octanol–water partition coefficient (Wildman–Crippen LogP) is 2.09. The quantitative estimate of drug-likeness (QED) is 0.753. The zero-order chi connectivity index (χ0) is 14.1. The number of rotatable bonds is 8. The Kier molecular flexibility index (Phi) is 6.94. The fraction of sp³-hybridized carbons (Fsp3) is 0.533. The highest BCUT2D eigenvalue weighted by molar-refractivity contribution is 5.27. The molecular formula is C15H22N2O2. The zero-order valence-corrected chi connectivity index (χ0v) is 11.6. The van der Waals surface area contributed by atoms with E-state index in [1.807, 2.05) is 30.3 Å². The van der Waals surface area contributed by atoms with Gasteiger partial charge in [-0.2, -0.15) is 5.26 Å². The summed E-state index contributed by atoms with van der Waals surface area (Å²) in [5.74, 6) is 1.21. The molecule has 19 heavy (non-hydrogen) atoms. The first kappa shape index (κ1) is 15.5. The van der Waals surface area contributed by atoms with Crippen LogP contribution in [0.4, 0.5) is 0 Å². The average molecular weight is 262 g/mol. The molecule has 2 N–H and O–H groups in total. The number of nitriles is 1. The molecule has 1 atom stereocenters. The number of nitrogens with zero attached hydrogens (tertiary/aromatic N) is 1. The van der Waals surface area contributed by atoms with Crippen molar-refractivity contribution in [3.05, 3.63) is 29.8 Å². The van der Waals surface area contributed by atoms with E-state index >= 15 is 0 Å². The normalized spacial score (nSPS) is 12.2. The maximum atomic E-state index is 9.73. The average Bonchev–Trinajstić information content (AvgIpc) is 2.37. The first-order chi connectivity index (χ1) is 9.11. The Morgan fingerprint density at radius 2 is 2.00 bits per heavy atom. The minimum absolute atomic E-state index is 0.0684. The monoisotopic (exact) mass is 262 g/mol. The van der Waals surface area contributed by atoms with Crippen molar-refractivity contribution < 1.29 is 9.84 Å². The lowest BCUT2D eigenvalue weighted by Gasteiger charge is -2.14. The van der Waals surface area contributed by atoms with Crippen molar-refractivity contribution in [1.82, 2.24) is 5.32 Å². The lowest BCUT2D eigenvalue weighted by Crippen LogP contribution is -2.27. The highest BCUT2D eigenvalue weighted by atomic mass is 16.5. The van der Waals surface area contributed by atoms with Crippen LogP contribution in [0.3, 0.4) is 0 Å². The first-order valence-corrected chi connectivity index (χ1v) is 6.59. The molecule has 0 fully saturated rings. The van der Waals surface area contributed by atoms with Crippen molar-refractivity contribution >= 4 is 0 Å². The van der Waals surface area contributed by atoms with Gasteiger partial charge in [0.05, 0.1) is 6.10 Å². The minimum atomic E-state index is -0.293. The third-order valence-electron chi connectivity index (χ3n) is 2.68. The van der Waals surface area contributed by atoms with E-state index in [2.05, 4.69) is 19.2 Å². The van der Waals surface area contributed by atoms with Crippen LogP contribution in [-0.4, -0.2) is 24.4 Å². The molecule has 0 bridgehead atoms. The Morgan fingerprint density at radius 3 is 2.58 bits per heavy atom. The van der Waals surface area contributed by atoms with Crippen LogP contribution in [0.1, 0.15) is 25.8 Å². The molecule has 0 aromatic heterocycles. The summed E-state index contributed by atoms with van der Waals surface area (Å²) in [6, 6.07) is 9.53. The molecule has 0 aliphatic heterocycles. The molecule has 0 saturated heterocycles. The van der Waals surface area contributed by atoms with Gasteiger partial charge in [0.15, 0.2) is 6.61 Å². The molecule has 4 nitrogen and oxygen atoms in total. The van der Waals surface area contributed by atoms with Gasteiger partial charge in [0.2, 0.25) is 0 Å². The summed E-state index contributed by atoms with van der Waals surface area (Å²) in [5.41, 5.74) is 1.13. The van der Waals surface area contributed by atoms with E-state index in [1.54, 1.807) is 0 Å². The Labute approximate surface area is 115 Å². The van der Waals surface area contributed by atoms with Gasteiger partial charge in [-0.25, -0.2) is 0 Å². The van der Waals surface area contributed by atoms with Gasteiger partial charge in [-0.1, -0.05) is 26.0 Å². The smallest absolute Gasteiger partial charge is 0.174 e. The van der Waals surface area contributed by atoms with Crippen molar-refractivity contribution in [3.8, 4) is 11.8 Å². The van der Waals surface area contributed by atoms with Gasteiger partial charge in [0.1, 0.15) is 11.8 Å². The van der Waals surface area contributed by atoms with Gasteiger partial charge >= 0.3 is 0 Å².